The van der Waals surface area contributed by atoms with Crippen molar-refractivity contribution in [3.63, 3.8) is 0 Å². The molecule has 4 heterocycles. The summed E-state index contributed by atoms with van der Waals surface area (Å²) in [6.45, 7) is 1.02. The third kappa shape index (κ3) is 2.32. The van der Waals surface area contributed by atoms with Gasteiger partial charge in [-0.3, -0.25) is 0 Å². The molecule has 0 radical (unpaired) electrons. The first-order chi connectivity index (χ1) is 12.7. The Morgan fingerprint density at radius 2 is 1.88 bits per heavy atom. The van der Waals surface area contributed by atoms with Crippen molar-refractivity contribution in [2.24, 2.45) is 5.92 Å². The van der Waals surface area contributed by atoms with Gasteiger partial charge in [0.1, 0.15) is 0 Å². The third-order valence-electron chi connectivity index (χ3n) is 6.21. The zero-order valence-electron chi connectivity index (χ0n) is 14.6. The van der Waals surface area contributed by atoms with Gasteiger partial charge in [0, 0.05) is 30.5 Å². The van der Waals surface area contributed by atoms with E-state index in [9.17, 15) is 5.26 Å². The SMILES string of the molecule is N#CC1(c2cc(-c3cnc(N)nc3)nc(N3CC4CC3C4)n2)CCCC1. The van der Waals surface area contributed by atoms with Gasteiger partial charge in [-0.1, -0.05) is 12.8 Å². The number of nitrogen functional groups attached to an aromatic ring is 1. The molecule has 7 heteroatoms. The van der Waals surface area contributed by atoms with E-state index < -0.39 is 5.41 Å². The predicted octanol–water partition coefficient (Wildman–Crippen LogP) is 2.45. The summed E-state index contributed by atoms with van der Waals surface area (Å²) in [5.41, 5.74) is 7.55. The number of aromatic nitrogens is 4. The van der Waals surface area contributed by atoms with Crippen LogP contribution in [0, 0.1) is 17.2 Å². The van der Waals surface area contributed by atoms with Crippen LogP contribution in [0.5, 0.6) is 0 Å². The summed E-state index contributed by atoms with van der Waals surface area (Å²) in [5.74, 6) is 1.76. The summed E-state index contributed by atoms with van der Waals surface area (Å²) < 4.78 is 0. The highest BCUT2D eigenvalue weighted by molar-refractivity contribution is 5.61. The first-order valence-corrected chi connectivity index (χ1v) is 9.32. The van der Waals surface area contributed by atoms with Crippen molar-refractivity contribution >= 4 is 11.9 Å². The Balaban J connectivity index is 1.63. The molecule has 26 heavy (non-hydrogen) atoms. The summed E-state index contributed by atoms with van der Waals surface area (Å²) in [6.07, 6.45) is 9.72. The molecule has 0 spiro atoms. The maximum atomic E-state index is 9.92. The monoisotopic (exact) mass is 347 g/mol. The van der Waals surface area contributed by atoms with Gasteiger partial charge in [0.15, 0.2) is 0 Å². The molecule has 0 aromatic carbocycles. The van der Waals surface area contributed by atoms with Crippen LogP contribution in [0.25, 0.3) is 11.3 Å². The van der Waals surface area contributed by atoms with E-state index in [1.54, 1.807) is 12.4 Å². The van der Waals surface area contributed by atoms with Crippen LogP contribution in [0.2, 0.25) is 0 Å². The molecule has 2 aromatic rings. The number of nitrogens with zero attached hydrogens (tertiary/aromatic N) is 6. The average molecular weight is 347 g/mol. The Bertz CT molecular complexity index is 874. The lowest BCUT2D eigenvalue weighted by atomic mass is 9.83. The average Bonchev–Trinajstić information content (AvgIpc) is 3.37. The Labute approximate surface area is 152 Å². The van der Waals surface area contributed by atoms with Gasteiger partial charge in [-0.25, -0.2) is 19.9 Å². The van der Waals surface area contributed by atoms with Gasteiger partial charge in [-0.15, -0.1) is 0 Å². The summed E-state index contributed by atoms with van der Waals surface area (Å²) in [4.78, 5) is 20.2. The number of nitrogens with two attached hydrogens (primary N) is 1. The molecule has 4 aliphatic rings. The molecule has 0 atom stereocenters. The molecule has 4 fully saturated rings. The molecule has 2 saturated carbocycles. The molecule has 2 aliphatic carbocycles. The maximum absolute atomic E-state index is 9.92. The van der Waals surface area contributed by atoms with E-state index in [-0.39, 0.29) is 5.95 Å². The van der Waals surface area contributed by atoms with Crippen molar-refractivity contribution < 1.29 is 0 Å². The van der Waals surface area contributed by atoms with Crippen LogP contribution in [0.4, 0.5) is 11.9 Å². The molecule has 6 rings (SSSR count). The van der Waals surface area contributed by atoms with E-state index in [1.807, 2.05) is 6.07 Å². The normalized spacial score (nSPS) is 25.7. The van der Waals surface area contributed by atoms with Gasteiger partial charge in [0.2, 0.25) is 11.9 Å². The Hall–Kier alpha value is -2.75. The summed E-state index contributed by atoms with van der Waals surface area (Å²) in [7, 11) is 0. The highest BCUT2D eigenvalue weighted by Gasteiger charge is 2.45. The Kier molecular flexibility index (Phi) is 3.36. The van der Waals surface area contributed by atoms with Crippen LogP contribution in [-0.4, -0.2) is 32.5 Å². The fourth-order valence-corrected chi connectivity index (χ4v) is 4.61. The molecule has 2 bridgehead atoms. The van der Waals surface area contributed by atoms with E-state index in [4.69, 9.17) is 15.7 Å². The lowest BCUT2D eigenvalue weighted by Gasteiger charge is -2.27. The number of anilines is 2. The van der Waals surface area contributed by atoms with Crippen LogP contribution in [0.15, 0.2) is 18.5 Å². The van der Waals surface area contributed by atoms with E-state index in [2.05, 4.69) is 20.9 Å². The molecule has 2 aromatic heterocycles. The van der Waals surface area contributed by atoms with Gasteiger partial charge in [-0.05, 0) is 37.7 Å². The zero-order chi connectivity index (χ0) is 17.7. The van der Waals surface area contributed by atoms with Crippen LogP contribution in [-0.2, 0) is 5.41 Å². The van der Waals surface area contributed by atoms with Crippen molar-refractivity contribution in [3.05, 3.63) is 24.2 Å². The van der Waals surface area contributed by atoms with E-state index in [0.717, 1.165) is 61.0 Å². The van der Waals surface area contributed by atoms with E-state index >= 15 is 0 Å². The maximum Gasteiger partial charge on any atom is 0.226 e. The quantitative estimate of drug-likeness (QED) is 0.909. The second kappa shape index (κ2) is 5.63. The van der Waals surface area contributed by atoms with E-state index in [1.165, 1.54) is 12.8 Å². The van der Waals surface area contributed by atoms with E-state index in [0.29, 0.717) is 6.04 Å². The van der Waals surface area contributed by atoms with Crippen LogP contribution in [0.3, 0.4) is 0 Å². The van der Waals surface area contributed by atoms with Crippen LogP contribution in [0.1, 0.15) is 44.2 Å². The molecule has 2 N–H and O–H groups in total. The highest BCUT2D eigenvalue weighted by atomic mass is 15.3. The minimum atomic E-state index is -0.496. The molecular formula is C19H21N7. The first-order valence-electron chi connectivity index (χ1n) is 9.32. The minimum absolute atomic E-state index is 0.243. The molecule has 0 amide bonds. The Morgan fingerprint density at radius 1 is 1.15 bits per heavy atom. The summed E-state index contributed by atoms with van der Waals surface area (Å²) in [6, 6.07) is 5.06. The Morgan fingerprint density at radius 3 is 2.50 bits per heavy atom. The van der Waals surface area contributed by atoms with Crippen molar-refractivity contribution in [1.82, 2.24) is 19.9 Å². The second-order valence-corrected chi connectivity index (χ2v) is 7.81. The van der Waals surface area contributed by atoms with Crippen LogP contribution < -0.4 is 10.6 Å². The van der Waals surface area contributed by atoms with Gasteiger partial charge in [-0.2, -0.15) is 5.26 Å². The van der Waals surface area contributed by atoms with Gasteiger partial charge in [0.25, 0.3) is 0 Å². The molecule has 2 aliphatic heterocycles. The van der Waals surface area contributed by atoms with Crippen molar-refractivity contribution in [3.8, 4) is 17.3 Å². The number of hydrogen-bond acceptors (Lipinski definition) is 7. The lowest BCUT2D eigenvalue weighted by molar-refractivity contribution is 0.380. The van der Waals surface area contributed by atoms with Crippen LogP contribution >= 0.6 is 0 Å². The fraction of sp³-hybridized carbons (Fsp3) is 0.526. The smallest absolute Gasteiger partial charge is 0.226 e. The molecule has 7 nitrogen and oxygen atoms in total. The molecule has 2 saturated heterocycles. The molecular weight excluding hydrogens is 326 g/mol. The number of hydrogen-bond donors (Lipinski definition) is 1. The lowest BCUT2D eigenvalue weighted by Crippen LogP contribution is -2.31. The highest BCUT2D eigenvalue weighted by Crippen LogP contribution is 2.44. The van der Waals surface area contributed by atoms with Crippen molar-refractivity contribution in [2.75, 3.05) is 17.2 Å². The van der Waals surface area contributed by atoms with Crippen molar-refractivity contribution in [2.45, 2.75) is 50.0 Å². The van der Waals surface area contributed by atoms with Gasteiger partial charge >= 0.3 is 0 Å². The summed E-state index contributed by atoms with van der Waals surface area (Å²) >= 11 is 0. The number of rotatable bonds is 3. The topological polar surface area (TPSA) is 105 Å². The molecule has 132 valence electrons. The minimum Gasteiger partial charge on any atom is -0.368 e. The fourth-order valence-electron chi connectivity index (χ4n) is 4.61. The third-order valence-corrected chi connectivity index (χ3v) is 6.21. The summed E-state index contributed by atoms with van der Waals surface area (Å²) in [5, 5.41) is 9.92. The van der Waals surface area contributed by atoms with Crippen molar-refractivity contribution in [1.29, 1.82) is 5.26 Å². The first kappa shape index (κ1) is 15.5. The zero-order valence-corrected chi connectivity index (χ0v) is 14.6. The standard InChI is InChI=1S/C19H21N7/c20-11-19(3-1-2-4-19)16-7-15(13-8-22-17(21)23-9-13)24-18(25-16)26-10-12-5-14(26)6-12/h7-9,12,14H,1-6,10H2,(H2,21,22,23). The van der Waals surface area contributed by atoms with Gasteiger partial charge < -0.3 is 10.6 Å². The largest absolute Gasteiger partial charge is 0.368 e. The van der Waals surface area contributed by atoms with Gasteiger partial charge in [0.05, 0.1) is 22.9 Å². The molecule has 0 unspecified atom stereocenters. The second-order valence-electron chi connectivity index (χ2n) is 7.81. The predicted molar refractivity (Wildman–Crippen MR) is 97.1 cm³/mol. The number of nitriles is 1. The number of fused-ring (bicyclic) bond motifs is 1.